The predicted octanol–water partition coefficient (Wildman–Crippen LogP) is 2.83. The van der Waals surface area contributed by atoms with E-state index in [9.17, 15) is 9.90 Å². The van der Waals surface area contributed by atoms with E-state index in [1.54, 1.807) is 13.2 Å². The highest BCUT2D eigenvalue weighted by molar-refractivity contribution is 7.98. The fourth-order valence-corrected chi connectivity index (χ4v) is 2.83. The van der Waals surface area contributed by atoms with Gasteiger partial charge in [0.2, 0.25) is 0 Å². The van der Waals surface area contributed by atoms with Crippen molar-refractivity contribution in [3.63, 3.8) is 0 Å². The van der Waals surface area contributed by atoms with Crippen molar-refractivity contribution in [3.05, 3.63) is 42.0 Å². The van der Waals surface area contributed by atoms with E-state index in [4.69, 9.17) is 10.5 Å². The molecule has 0 spiro atoms. The van der Waals surface area contributed by atoms with Gasteiger partial charge in [-0.3, -0.25) is 4.79 Å². The Morgan fingerprint density at radius 1 is 1.25 bits per heavy atom. The normalized spacial score (nSPS) is 10.8. The summed E-state index contributed by atoms with van der Waals surface area (Å²) in [5.41, 5.74) is 7.17. The van der Waals surface area contributed by atoms with Crippen molar-refractivity contribution in [3.8, 4) is 22.8 Å². The van der Waals surface area contributed by atoms with Crippen LogP contribution in [0.5, 0.6) is 11.5 Å². The van der Waals surface area contributed by atoms with Crippen LogP contribution in [0.15, 0.2) is 41.6 Å². The number of ether oxygens (including phenoxy) is 1. The van der Waals surface area contributed by atoms with Crippen LogP contribution < -0.4 is 10.5 Å². The maximum Gasteiger partial charge on any atom is 0.252 e. The third-order valence-electron chi connectivity index (χ3n) is 3.61. The lowest BCUT2D eigenvalue weighted by molar-refractivity contribution is 0.0998. The Morgan fingerprint density at radius 2 is 2.04 bits per heavy atom. The van der Waals surface area contributed by atoms with Gasteiger partial charge in [0.1, 0.15) is 11.5 Å². The number of nitrogens with two attached hydrogens (primary N) is 1. The molecule has 0 unspecified atom stereocenters. The second-order valence-electron chi connectivity index (χ2n) is 5.01. The maximum atomic E-state index is 11.5. The number of hydrogen-bond acceptors (Lipinski definition) is 6. The summed E-state index contributed by atoms with van der Waals surface area (Å²) < 4.78 is 5.25. The molecule has 3 rings (SSSR count). The van der Waals surface area contributed by atoms with Gasteiger partial charge in [-0.05, 0) is 30.5 Å². The Hall–Kier alpha value is -2.80. The zero-order chi connectivity index (χ0) is 17.3. The fourth-order valence-electron chi connectivity index (χ4n) is 2.46. The third-order valence-corrected chi connectivity index (χ3v) is 4.16. The Morgan fingerprint density at radius 3 is 2.71 bits per heavy atom. The second-order valence-corrected chi connectivity index (χ2v) is 5.78. The molecule has 0 fully saturated rings. The number of hydrogen-bond donors (Lipinski definition) is 2. The Balaban J connectivity index is 2.39. The summed E-state index contributed by atoms with van der Waals surface area (Å²) in [7, 11) is 1.58. The average molecular weight is 341 g/mol. The number of thioether (sulfide) groups is 1. The first-order valence-electron chi connectivity index (χ1n) is 7.07. The standard InChI is InChI=1S/C17H15N3O3S/c1-23-10-5-3-4-9(8-10)14-13-12(19-17(20-14)24-2)7-6-11(15(13)21)16(18)22/h3-8,21H,1-2H3,(H2,18,22). The van der Waals surface area contributed by atoms with Gasteiger partial charge in [-0.25, -0.2) is 9.97 Å². The second kappa shape index (κ2) is 6.37. The van der Waals surface area contributed by atoms with Crippen LogP contribution >= 0.6 is 11.8 Å². The Labute approximate surface area is 142 Å². The molecule has 0 bridgehead atoms. The first-order chi connectivity index (χ1) is 11.5. The minimum absolute atomic E-state index is 0.0344. The van der Waals surface area contributed by atoms with Crippen LogP contribution in [-0.4, -0.2) is 34.3 Å². The van der Waals surface area contributed by atoms with Crippen molar-refractivity contribution in [1.29, 1.82) is 0 Å². The number of primary amides is 1. The number of fused-ring (bicyclic) bond motifs is 1. The summed E-state index contributed by atoms with van der Waals surface area (Å²) in [5, 5.41) is 11.5. The average Bonchev–Trinajstić information content (AvgIpc) is 2.60. The van der Waals surface area contributed by atoms with E-state index >= 15 is 0 Å². The van der Waals surface area contributed by atoms with Crippen molar-refractivity contribution < 1.29 is 14.6 Å². The first kappa shape index (κ1) is 16.1. The number of aromatic hydroxyl groups is 1. The number of aromatic nitrogens is 2. The SMILES string of the molecule is COc1cccc(-c2nc(SC)nc3ccc(C(N)=O)c(O)c23)c1. The van der Waals surface area contributed by atoms with E-state index < -0.39 is 5.91 Å². The number of nitrogens with zero attached hydrogens (tertiary/aromatic N) is 2. The molecular weight excluding hydrogens is 326 g/mol. The molecule has 7 heteroatoms. The highest BCUT2D eigenvalue weighted by Gasteiger charge is 2.18. The smallest absolute Gasteiger partial charge is 0.252 e. The van der Waals surface area contributed by atoms with Gasteiger partial charge in [-0.2, -0.15) is 0 Å². The van der Waals surface area contributed by atoms with Crippen LogP contribution in [0, 0.1) is 0 Å². The largest absolute Gasteiger partial charge is 0.506 e. The lowest BCUT2D eigenvalue weighted by Crippen LogP contribution is -2.11. The molecule has 1 aromatic heterocycles. The van der Waals surface area contributed by atoms with Gasteiger partial charge in [0.05, 0.1) is 29.3 Å². The summed E-state index contributed by atoms with van der Waals surface area (Å²) in [4.78, 5) is 20.4. The van der Waals surface area contributed by atoms with Crippen LogP contribution in [0.3, 0.4) is 0 Å². The molecule has 0 aliphatic heterocycles. The van der Waals surface area contributed by atoms with Gasteiger partial charge in [-0.1, -0.05) is 23.9 Å². The molecule has 1 heterocycles. The summed E-state index contributed by atoms with van der Waals surface area (Å²) in [6.45, 7) is 0. The van der Waals surface area contributed by atoms with Crippen LogP contribution in [0.2, 0.25) is 0 Å². The molecule has 3 aromatic rings. The summed E-state index contributed by atoms with van der Waals surface area (Å²) in [5.74, 6) is -0.263. The molecule has 0 aliphatic rings. The monoisotopic (exact) mass is 341 g/mol. The predicted molar refractivity (Wildman–Crippen MR) is 93.5 cm³/mol. The number of methoxy groups -OCH3 is 1. The number of phenols is 1. The van der Waals surface area contributed by atoms with Gasteiger partial charge < -0.3 is 15.6 Å². The number of carbonyl (C=O) groups excluding carboxylic acids is 1. The van der Waals surface area contributed by atoms with E-state index in [0.717, 1.165) is 5.56 Å². The fraction of sp³-hybridized carbons (Fsp3) is 0.118. The van der Waals surface area contributed by atoms with Gasteiger partial charge in [0.15, 0.2) is 5.16 Å². The van der Waals surface area contributed by atoms with Crippen LogP contribution in [0.4, 0.5) is 0 Å². The summed E-state index contributed by atoms with van der Waals surface area (Å²) >= 11 is 1.39. The van der Waals surface area contributed by atoms with Gasteiger partial charge in [0, 0.05) is 5.56 Å². The highest BCUT2D eigenvalue weighted by Crippen LogP contribution is 2.37. The van der Waals surface area contributed by atoms with Crippen molar-refractivity contribution in [2.75, 3.05) is 13.4 Å². The number of benzene rings is 2. The van der Waals surface area contributed by atoms with Crippen LogP contribution in [0.25, 0.3) is 22.2 Å². The highest BCUT2D eigenvalue weighted by atomic mass is 32.2. The molecule has 2 aromatic carbocycles. The maximum absolute atomic E-state index is 11.5. The number of rotatable bonds is 4. The lowest BCUT2D eigenvalue weighted by Gasteiger charge is -2.12. The minimum Gasteiger partial charge on any atom is -0.506 e. The first-order valence-corrected chi connectivity index (χ1v) is 8.29. The van der Waals surface area contributed by atoms with Crippen LogP contribution in [0.1, 0.15) is 10.4 Å². The lowest BCUT2D eigenvalue weighted by atomic mass is 10.0. The molecule has 122 valence electrons. The van der Waals surface area contributed by atoms with Gasteiger partial charge in [-0.15, -0.1) is 0 Å². The van der Waals surface area contributed by atoms with E-state index in [0.29, 0.717) is 27.5 Å². The van der Waals surface area contributed by atoms with Crippen molar-refractivity contribution in [2.24, 2.45) is 5.73 Å². The Bertz CT molecular complexity index is 944. The van der Waals surface area contributed by atoms with Crippen LogP contribution in [-0.2, 0) is 0 Å². The molecule has 0 saturated heterocycles. The molecule has 0 radical (unpaired) electrons. The van der Waals surface area contributed by atoms with Crippen molar-refractivity contribution >= 4 is 28.6 Å². The van der Waals surface area contributed by atoms with E-state index in [-0.39, 0.29) is 11.3 Å². The molecule has 0 aliphatic carbocycles. The molecule has 3 N–H and O–H groups in total. The molecule has 24 heavy (non-hydrogen) atoms. The van der Waals surface area contributed by atoms with Crippen molar-refractivity contribution in [2.45, 2.75) is 5.16 Å². The molecule has 6 nitrogen and oxygen atoms in total. The van der Waals surface area contributed by atoms with E-state index in [2.05, 4.69) is 9.97 Å². The number of amides is 1. The molecule has 1 amide bonds. The number of carbonyl (C=O) groups is 1. The quantitative estimate of drug-likeness (QED) is 0.559. The van der Waals surface area contributed by atoms with Gasteiger partial charge in [0.25, 0.3) is 5.91 Å². The van der Waals surface area contributed by atoms with E-state index in [1.807, 2.05) is 30.5 Å². The topological polar surface area (TPSA) is 98.3 Å². The van der Waals surface area contributed by atoms with Gasteiger partial charge >= 0.3 is 0 Å². The molecular formula is C17H15N3O3S. The third kappa shape index (κ3) is 2.74. The summed E-state index contributed by atoms with van der Waals surface area (Å²) in [6.07, 6.45) is 1.87. The molecule has 0 atom stereocenters. The Kier molecular flexibility index (Phi) is 4.26. The zero-order valence-electron chi connectivity index (χ0n) is 13.1. The van der Waals surface area contributed by atoms with E-state index in [1.165, 1.54) is 17.8 Å². The molecule has 0 saturated carbocycles. The summed E-state index contributed by atoms with van der Waals surface area (Å²) in [6, 6.07) is 10.4. The minimum atomic E-state index is -0.708. The van der Waals surface area contributed by atoms with Crippen molar-refractivity contribution in [1.82, 2.24) is 9.97 Å². The zero-order valence-corrected chi connectivity index (χ0v) is 13.9.